The molecule has 212 valence electrons. The number of hydrogen-bond donors (Lipinski definition) is 3. The maximum Gasteiger partial charge on any atom is 0.380 e. The molecule has 1 aromatic heterocycles. The van der Waals surface area contributed by atoms with Crippen LogP contribution in [0.15, 0.2) is 54.9 Å². The van der Waals surface area contributed by atoms with Crippen LogP contribution in [0, 0.1) is 5.92 Å². The highest BCUT2D eigenvalue weighted by molar-refractivity contribution is 7.54. The quantitative estimate of drug-likeness (QED) is 0.212. The lowest BCUT2D eigenvalue weighted by molar-refractivity contribution is -0.765. The molecule has 11 nitrogen and oxygen atoms in total. The fourth-order valence-electron chi connectivity index (χ4n) is 4.73. The SMILES string of the molecule is C[C@H](CP(=O)(OC[C@H]1O[C@@H]([n+]2cccc(C(N)=O)c2)[C@H](O)[C@@H]1O)Oc1ccccc1)C(=O)OC1CCCCC1. The van der Waals surface area contributed by atoms with Crippen LogP contribution in [0.2, 0.25) is 0 Å². The van der Waals surface area contributed by atoms with Gasteiger partial charge in [0.25, 0.3) is 12.1 Å². The van der Waals surface area contributed by atoms with Crippen LogP contribution in [0.4, 0.5) is 0 Å². The first-order chi connectivity index (χ1) is 18.6. The van der Waals surface area contributed by atoms with Gasteiger partial charge in [-0.05, 0) is 43.9 Å². The highest BCUT2D eigenvalue weighted by Crippen LogP contribution is 2.50. The number of aliphatic hydroxyl groups excluding tert-OH is 2. The van der Waals surface area contributed by atoms with Crippen LogP contribution in [0.5, 0.6) is 5.75 Å². The zero-order valence-electron chi connectivity index (χ0n) is 21.8. The van der Waals surface area contributed by atoms with Crippen molar-refractivity contribution in [3.63, 3.8) is 0 Å². The molecule has 1 amide bonds. The number of aliphatic hydroxyl groups is 2. The molecule has 1 saturated carbocycles. The number of primary amides is 1. The van der Waals surface area contributed by atoms with Crippen LogP contribution in [0.25, 0.3) is 0 Å². The van der Waals surface area contributed by atoms with Gasteiger partial charge in [-0.3, -0.25) is 14.1 Å². The van der Waals surface area contributed by atoms with E-state index >= 15 is 0 Å². The summed E-state index contributed by atoms with van der Waals surface area (Å²) in [4.78, 5) is 24.3. The predicted molar refractivity (Wildman–Crippen MR) is 139 cm³/mol. The Morgan fingerprint density at radius 1 is 1.10 bits per heavy atom. The van der Waals surface area contributed by atoms with Crippen molar-refractivity contribution in [3.05, 3.63) is 60.4 Å². The Morgan fingerprint density at radius 2 is 1.82 bits per heavy atom. The zero-order valence-corrected chi connectivity index (χ0v) is 22.7. The van der Waals surface area contributed by atoms with Gasteiger partial charge in [-0.25, -0.2) is 4.57 Å². The average Bonchev–Trinajstić information content (AvgIpc) is 3.22. The molecule has 2 aliphatic rings. The van der Waals surface area contributed by atoms with Crippen molar-refractivity contribution >= 4 is 19.5 Å². The standard InChI is InChI=1S/C27H35N2O9P/c1-18(27(33)36-20-10-4-2-5-11-20)17-39(34,38-21-12-6-3-7-13-21)35-16-22-23(30)24(31)26(37-22)29-14-8-9-19(15-29)25(28)32/h3,6-9,12-15,18,20,22-24,26,30-31H,2,4-5,10-11,16-17H2,1H3,(H-,28,32)/p+1/t18-,22-,23-,24-,26-,39?/m1/s1. The minimum Gasteiger partial charge on any atom is -0.462 e. The lowest BCUT2D eigenvalue weighted by Crippen LogP contribution is -2.46. The molecule has 1 aliphatic heterocycles. The molecular weight excluding hydrogens is 527 g/mol. The predicted octanol–water partition coefficient (Wildman–Crippen LogP) is 2.49. The molecule has 1 aromatic carbocycles. The molecule has 1 unspecified atom stereocenters. The maximum atomic E-state index is 13.9. The lowest BCUT2D eigenvalue weighted by atomic mass is 9.98. The molecule has 2 aromatic rings. The van der Waals surface area contributed by atoms with Crippen LogP contribution >= 0.6 is 7.60 Å². The minimum absolute atomic E-state index is 0.143. The highest BCUT2D eigenvalue weighted by Gasteiger charge is 2.49. The Kier molecular flexibility index (Phi) is 9.74. The van der Waals surface area contributed by atoms with Crippen LogP contribution in [0.3, 0.4) is 0 Å². The van der Waals surface area contributed by atoms with E-state index < -0.39 is 49.9 Å². The summed E-state index contributed by atoms with van der Waals surface area (Å²) in [5.74, 6) is -1.62. The fraction of sp³-hybridized carbons (Fsp3) is 0.519. The second-order valence-electron chi connectivity index (χ2n) is 10.0. The van der Waals surface area contributed by atoms with Crippen molar-refractivity contribution < 1.29 is 47.5 Å². The van der Waals surface area contributed by atoms with E-state index in [0.29, 0.717) is 5.75 Å². The number of aromatic nitrogens is 1. The summed E-state index contributed by atoms with van der Waals surface area (Å²) in [6.07, 6.45) is 2.43. The number of pyridine rings is 1. The number of esters is 1. The normalized spacial score (nSPS) is 25.9. The summed E-state index contributed by atoms with van der Waals surface area (Å²) >= 11 is 0. The van der Waals surface area contributed by atoms with E-state index in [1.54, 1.807) is 49.5 Å². The van der Waals surface area contributed by atoms with Gasteiger partial charge in [0.2, 0.25) is 0 Å². The molecule has 12 heteroatoms. The van der Waals surface area contributed by atoms with Gasteiger partial charge in [0.1, 0.15) is 29.6 Å². The second-order valence-corrected chi connectivity index (χ2v) is 12.1. The van der Waals surface area contributed by atoms with Crippen LogP contribution in [0.1, 0.15) is 55.6 Å². The first kappa shape index (κ1) is 29.2. The largest absolute Gasteiger partial charge is 0.462 e. The van der Waals surface area contributed by atoms with Gasteiger partial charge >= 0.3 is 13.6 Å². The average molecular weight is 564 g/mol. The summed E-state index contributed by atoms with van der Waals surface area (Å²) in [5.41, 5.74) is 5.53. The Morgan fingerprint density at radius 3 is 2.51 bits per heavy atom. The molecule has 39 heavy (non-hydrogen) atoms. The highest BCUT2D eigenvalue weighted by atomic mass is 31.2. The van der Waals surface area contributed by atoms with Crippen LogP contribution in [-0.2, 0) is 23.4 Å². The molecule has 4 N–H and O–H groups in total. The fourth-order valence-corrected chi connectivity index (χ4v) is 6.60. The molecule has 2 heterocycles. The van der Waals surface area contributed by atoms with Crippen molar-refractivity contribution in [2.75, 3.05) is 12.8 Å². The number of carbonyl (C=O) groups excluding carboxylic acids is 2. The summed E-state index contributed by atoms with van der Waals surface area (Å²) in [6.45, 7) is 1.22. The van der Waals surface area contributed by atoms with Crippen LogP contribution in [-0.4, -0.2) is 59.3 Å². The molecule has 2 fully saturated rings. The second kappa shape index (κ2) is 13.0. The molecular formula is C27H36N2O9P+. The molecule has 4 rings (SSSR count). The van der Waals surface area contributed by atoms with E-state index in [4.69, 9.17) is 24.3 Å². The Labute approximate surface area is 227 Å². The first-order valence-corrected chi connectivity index (χ1v) is 14.9. The lowest BCUT2D eigenvalue weighted by Gasteiger charge is -2.26. The summed E-state index contributed by atoms with van der Waals surface area (Å²) < 4.78 is 38.3. The van der Waals surface area contributed by atoms with E-state index in [2.05, 4.69) is 0 Å². The molecule has 1 saturated heterocycles. The number of para-hydroxylation sites is 1. The van der Waals surface area contributed by atoms with Gasteiger partial charge in [0.05, 0.1) is 18.7 Å². The van der Waals surface area contributed by atoms with Gasteiger partial charge in [-0.1, -0.05) is 31.5 Å². The molecule has 0 radical (unpaired) electrons. The topological polar surface area (TPSA) is 158 Å². The van der Waals surface area contributed by atoms with E-state index in [0.717, 1.165) is 32.1 Å². The van der Waals surface area contributed by atoms with Crippen molar-refractivity contribution in [2.24, 2.45) is 11.7 Å². The number of nitrogens with two attached hydrogens (primary N) is 1. The van der Waals surface area contributed by atoms with Gasteiger partial charge < -0.3 is 29.9 Å². The first-order valence-electron chi connectivity index (χ1n) is 13.2. The molecule has 6 atom stereocenters. The zero-order chi connectivity index (χ0) is 28.0. The van der Waals surface area contributed by atoms with Gasteiger partial charge in [-0.15, -0.1) is 0 Å². The van der Waals surface area contributed by atoms with Crippen molar-refractivity contribution in [1.82, 2.24) is 0 Å². The van der Waals surface area contributed by atoms with Gasteiger partial charge in [0.15, 0.2) is 18.5 Å². The van der Waals surface area contributed by atoms with E-state index in [1.165, 1.54) is 16.8 Å². The third-order valence-corrected chi connectivity index (χ3v) is 8.92. The van der Waals surface area contributed by atoms with Gasteiger partial charge in [-0.2, -0.15) is 4.57 Å². The smallest absolute Gasteiger partial charge is 0.380 e. The van der Waals surface area contributed by atoms with Crippen molar-refractivity contribution in [1.29, 1.82) is 0 Å². The molecule has 1 aliphatic carbocycles. The number of nitrogens with zero attached hydrogens (tertiary/aromatic N) is 1. The Bertz CT molecular complexity index is 1170. The number of amides is 1. The Balaban J connectivity index is 1.44. The van der Waals surface area contributed by atoms with Crippen molar-refractivity contribution in [2.45, 2.75) is 69.7 Å². The third kappa shape index (κ3) is 7.64. The third-order valence-electron chi connectivity index (χ3n) is 6.90. The summed E-state index contributed by atoms with van der Waals surface area (Å²) in [5, 5.41) is 21.3. The number of carbonyl (C=O) groups is 2. The van der Waals surface area contributed by atoms with E-state index in [1.807, 2.05) is 0 Å². The van der Waals surface area contributed by atoms with Crippen LogP contribution < -0.4 is 14.8 Å². The summed E-state index contributed by atoms with van der Waals surface area (Å²) in [6, 6.07) is 11.5. The summed E-state index contributed by atoms with van der Waals surface area (Å²) in [7, 11) is -3.96. The van der Waals surface area contributed by atoms with Gasteiger partial charge in [0, 0.05) is 6.07 Å². The Hall–Kier alpha value is -2.82. The molecule has 0 spiro atoms. The minimum atomic E-state index is -3.96. The maximum absolute atomic E-state index is 13.9. The number of hydrogen-bond acceptors (Lipinski definition) is 9. The number of ether oxygens (including phenoxy) is 2. The monoisotopic (exact) mass is 563 g/mol. The number of rotatable bonds is 11. The number of benzene rings is 1. The molecule has 0 bridgehead atoms. The van der Waals surface area contributed by atoms with Crippen molar-refractivity contribution in [3.8, 4) is 5.75 Å². The van der Waals surface area contributed by atoms with E-state index in [-0.39, 0.29) is 24.4 Å². The van der Waals surface area contributed by atoms with E-state index in [9.17, 15) is 24.4 Å².